The normalized spacial score (nSPS) is 15.6. The highest BCUT2D eigenvalue weighted by molar-refractivity contribution is 8.18. The molecule has 2 amide bonds. The molecule has 5 rings (SSSR count). The van der Waals surface area contributed by atoms with Crippen LogP contribution in [0.15, 0.2) is 53.4 Å². The Morgan fingerprint density at radius 1 is 1.00 bits per heavy atom. The van der Waals surface area contributed by atoms with Crippen molar-refractivity contribution in [1.29, 1.82) is 0 Å². The predicted octanol–water partition coefficient (Wildman–Crippen LogP) is 7.20. The van der Waals surface area contributed by atoms with Crippen LogP contribution < -0.4 is 18.9 Å². The van der Waals surface area contributed by atoms with Crippen molar-refractivity contribution in [2.24, 2.45) is 0 Å². The first-order valence-corrected chi connectivity index (χ1v) is 12.9. The summed E-state index contributed by atoms with van der Waals surface area (Å²) in [5.74, 6) is 1.35. The third-order valence-corrected chi connectivity index (χ3v) is 7.38. The Labute approximate surface area is 231 Å². The lowest BCUT2D eigenvalue weighted by atomic mass is 10.1. The number of benzene rings is 3. The number of methoxy groups -OCH3 is 1. The van der Waals surface area contributed by atoms with Crippen LogP contribution in [0.3, 0.4) is 0 Å². The van der Waals surface area contributed by atoms with Gasteiger partial charge in [0.05, 0.1) is 23.6 Å². The molecule has 2 aliphatic heterocycles. The van der Waals surface area contributed by atoms with E-state index in [1.807, 2.05) is 12.1 Å². The molecule has 0 unspecified atom stereocenters. The van der Waals surface area contributed by atoms with Gasteiger partial charge in [-0.15, -0.1) is 0 Å². The highest BCUT2D eigenvalue weighted by Crippen LogP contribution is 2.41. The van der Waals surface area contributed by atoms with Crippen LogP contribution in [0, 0.1) is 0 Å². The van der Waals surface area contributed by atoms with Crippen LogP contribution in [-0.2, 0) is 17.9 Å². The Hall–Kier alpha value is -3.04. The summed E-state index contributed by atoms with van der Waals surface area (Å²) >= 11 is 19.6. The van der Waals surface area contributed by atoms with Crippen molar-refractivity contribution in [3.05, 3.63) is 85.2 Å². The Bertz CT molecular complexity index is 1430. The number of carbonyl (C=O) groups is 2. The highest BCUT2D eigenvalue weighted by Gasteiger charge is 2.36. The van der Waals surface area contributed by atoms with Gasteiger partial charge in [-0.2, -0.15) is 0 Å². The van der Waals surface area contributed by atoms with Gasteiger partial charge in [0.15, 0.2) is 23.0 Å². The van der Waals surface area contributed by atoms with Crippen LogP contribution in [0.4, 0.5) is 4.79 Å². The number of hydrogen-bond acceptors (Lipinski definition) is 7. The molecule has 190 valence electrons. The van der Waals surface area contributed by atoms with Gasteiger partial charge < -0.3 is 18.9 Å². The van der Waals surface area contributed by atoms with Gasteiger partial charge in [0, 0.05) is 16.1 Å². The fourth-order valence-electron chi connectivity index (χ4n) is 3.74. The van der Waals surface area contributed by atoms with E-state index in [1.54, 1.807) is 42.5 Å². The summed E-state index contributed by atoms with van der Waals surface area (Å²) < 4.78 is 22.0. The smallest absolute Gasteiger partial charge is 0.293 e. The number of ether oxygens (including phenoxy) is 4. The number of fused-ring (bicyclic) bond motifs is 1. The molecule has 1 fully saturated rings. The summed E-state index contributed by atoms with van der Waals surface area (Å²) in [6, 6.07) is 13.9. The minimum Gasteiger partial charge on any atom is -0.493 e. The number of nitrogens with zero attached hydrogens (tertiary/aromatic N) is 1. The molecular formula is C26H18Cl3NO6S. The number of thioether (sulfide) groups is 1. The second-order valence-electron chi connectivity index (χ2n) is 8.01. The summed E-state index contributed by atoms with van der Waals surface area (Å²) in [5.41, 5.74) is 2.05. The highest BCUT2D eigenvalue weighted by atomic mass is 35.5. The fraction of sp³-hybridized carbons (Fsp3) is 0.154. The van der Waals surface area contributed by atoms with Crippen LogP contribution in [0.2, 0.25) is 15.1 Å². The maximum atomic E-state index is 13.1. The largest absolute Gasteiger partial charge is 0.493 e. The maximum absolute atomic E-state index is 13.1. The second-order valence-corrected chi connectivity index (χ2v) is 10.3. The summed E-state index contributed by atoms with van der Waals surface area (Å²) in [6.07, 6.45) is 1.59. The number of imide groups is 1. The SMILES string of the molecule is COc1cc(/C=C2\SC(=O)N(Cc3cc4c(cc3Cl)OCO4)C2=O)cc(Cl)c1OCc1ccc(Cl)cc1. The average Bonchev–Trinajstić information content (AvgIpc) is 3.43. The Kier molecular flexibility index (Phi) is 7.44. The number of halogens is 3. The van der Waals surface area contributed by atoms with E-state index in [0.717, 1.165) is 22.2 Å². The van der Waals surface area contributed by atoms with Crippen molar-refractivity contribution in [3.8, 4) is 23.0 Å². The molecule has 0 aromatic heterocycles. The minimum absolute atomic E-state index is 0.000959. The van der Waals surface area contributed by atoms with E-state index in [9.17, 15) is 9.59 Å². The van der Waals surface area contributed by atoms with Crippen molar-refractivity contribution in [1.82, 2.24) is 4.90 Å². The zero-order valence-corrected chi connectivity index (χ0v) is 22.3. The molecule has 37 heavy (non-hydrogen) atoms. The van der Waals surface area contributed by atoms with Crippen LogP contribution in [0.25, 0.3) is 6.08 Å². The third-order valence-electron chi connectivity index (χ3n) is 5.59. The number of rotatable bonds is 7. The Morgan fingerprint density at radius 2 is 1.73 bits per heavy atom. The van der Waals surface area contributed by atoms with Crippen LogP contribution in [0.1, 0.15) is 16.7 Å². The first-order valence-electron chi connectivity index (χ1n) is 10.9. The molecule has 0 radical (unpaired) electrons. The van der Waals surface area contributed by atoms with Gasteiger partial charge in [-0.25, -0.2) is 0 Å². The molecule has 3 aromatic rings. The maximum Gasteiger partial charge on any atom is 0.293 e. The van der Waals surface area contributed by atoms with Gasteiger partial charge in [-0.1, -0.05) is 46.9 Å². The van der Waals surface area contributed by atoms with Gasteiger partial charge in [-0.3, -0.25) is 14.5 Å². The lowest BCUT2D eigenvalue weighted by Gasteiger charge is -2.14. The lowest BCUT2D eigenvalue weighted by molar-refractivity contribution is -0.123. The second kappa shape index (κ2) is 10.8. The van der Waals surface area contributed by atoms with E-state index in [1.165, 1.54) is 7.11 Å². The van der Waals surface area contributed by atoms with E-state index in [4.69, 9.17) is 53.8 Å². The quantitative estimate of drug-likeness (QED) is 0.275. The molecule has 7 nitrogen and oxygen atoms in total. The standard InChI is InChI=1S/C26H18Cl3NO6S/c1-33-22-7-15(6-19(29)24(22)34-12-14-2-4-17(27)5-3-14)8-23-25(31)30(26(32)37-23)11-16-9-20-21(10-18(16)28)36-13-35-20/h2-10H,11-13H2,1H3/b23-8-. The Morgan fingerprint density at radius 3 is 2.46 bits per heavy atom. The summed E-state index contributed by atoms with van der Waals surface area (Å²) in [6.45, 7) is 0.351. The van der Waals surface area contributed by atoms with Gasteiger partial charge in [-0.05, 0) is 64.9 Å². The van der Waals surface area contributed by atoms with Crippen LogP contribution in [0.5, 0.6) is 23.0 Å². The zero-order valence-electron chi connectivity index (χ0n) is 19.3. The van der Waals surface area contributed by atoms with Crippen LogP contribution in [-0.4, -0.2) is 29.9 Å². The van der Waals surface area contributed by atoms with E-state index in [2.05, 4.69) is 0 Å². The van der Waals surface area contributed by atoms with E-state index in [-0.39, 0.29) is 24.8 Å². The molecule has 0 aliphatic carbocycles. The van der Waals surface area contributed by atoms with Crippen molar-refractivity contribution < 1.29 is 28.5 Å². The minimum atomic E-state index is -0.443. The first-order chi connectivity index (χ1) is 17.8. The molecule has 2 aliphatic rings. The lowest BCUT2D eigenvalue weighted by Crippen LogP contribution is -2.27. The molecule has 0 N–H and O–H groups in total. The summed E-state index contributed by atoms with van der Waals surface area (Å²) in [7, 11) is 1.49. The molecule has 0 spiro atoms. The number of carbonyl (C=O) groups excluding carboxylic acids is 2. The van der Waals surface area contributed by atoms with Crippen molar-refractivity contribution in [2.45, 2.75) is 13.2 Å². The van der Waals surface area contributed by atoms with Gasteiger partial charge in [0.1, 0.15) is 6.61 Å². The van der Waals surface area contributed by atoms with Gasteiger partial charge >= 0.3 is 0 Å². The summed E-state index contributed by atoms with van der Waals surface area (Å²) in [4.78, 5) is 27.1. The monoisotopic (exact) mass is 577 g/mol. The van der Waals surface area contributed by atoms with Gasteiger partial charge in [0.2, 0.25) is 6.79 Å². The molecule has 2 heterocycles. The molecular weight excluding hydrogens is 561 g/mol. The molecule has 3 aromatic carbocycles. The van der Waals surface area contributed by atoms with E-state index < -0.39 is 11.1 Å². The zero-order chi connectivity index (χ0) is 26.1. The average molecular weight is 579 g/mol. The fourth-order valence-corrected chi connectivity index (χ4v) is 5.19. The predicted molar refractivity (Wildman–Crippen MR) is 143 cm³/mol. The number of amides is 2. The molecule has 0 atom stereocenters. The molecule has 1 saturated heterocycles. The number of hydrogen-bond donors (Lipinski definition) is 0. The third kappa shape index (κ3) is 5.48. The van der Waals surface area contributed by atoms with Crippen LogP contribution >= 0.6 is 46.6 Å². The van der Waals surface area contributed by atoms with E-state index >= 15 is 0 Å². The van der Waals surface area contributed by atoms with Gasteiger partial charge in [0.25, 0.3) is 11.1 Å². The molecule has 0 bridgehead atoms. The first kappa shape index (κ1) is 25.6. The summed E-state index contributed by atoms with van der Waals surface area (Å²) in [5, 5.41) is 0.891. The van der Waals surface area contributed by atoms with Crippen molar-refractivity contribution in [2.75, 3.05) is 13.9 Å². The van der Waals surface area contributed by atoms with Crippen molar-refractivity contribution >= 4 is 63.8 Å². The molecule has 11 heteroatoms. The van der Waals surface area contributed by atoms with E-state index in [0.29, 0.717) is 49.2 Å². The van der Waals surface area contributed by atoms with Crippen molar-refractivity contribution in [3.63, 3.8) is 0 Å². The Balaban J connectivity index is 1.34. The molecule has 0 saturated carbocycles. The topological polar surface area (TPSA) is 74.3 Å².